The van der Waals surface area contributed by atoms with Crippen molar-refractivity contribution in [3.05, 3.63) is 58.6 Å². The minimum absolute atomic E-state index is 0.216. The normalized spacial score (nSPS) is 17.5. The standard InChI is InChI=1S/C18H18ClNO4S/c1-11(12-3-6-15(7-4-12)25(2,22)23)20-18(21)17-10-13-9-14(19)5-8-16(13)24-17/h3-9,11,17H,10H2,1-2H3,(H,20,21). The summed E-state index contributed by atoms with van der Waals surface area (Å²) in [6.07, 6.45) is 1.04. The number of nitrogens with one attached hydrogen (secondary N) is 1. The first-order valence-corrected chi connectivity index (χ1v) is 10.1. The molecule has 2 unspecified atom stereocenters. The Kier molecular flexibility index (Phi) is 4.75. The van der Waals surface area contributed by atoms with E-state index in [0.717, 1.165) is 17.4 Å². The molecule has 1 heterocycles. The van der Waals surface area contributed by atoms with E-state index in [9.17, 15) is 13.2 Å². The van der Waals surface area contributed by atoms with Crippen LogP contribution in [0.1, 0.15) is 24.1 Å². The van der Waals surface area contributed by atoms with E-state index in [4.69, 9.17) is 16.3 Å². The van der Waals surface area contributed by atoms with Crippen molar-refractivity contribution in [2.24, 2.45) is 0 Å². The predicted octanol–water partition coefficient (Wildman–Crippen LogP) is 2.92. The molecule has 25 heavy (non-hydrogen) atoms. The zero-order valence-electron chi connectivity index (χ0n) is 13.8. The molecular weight excluding hydrogens is 362 g/mol. The Morgan fingerprint density at radius 3 is 2.56 bits per heavy atom. The Balaban J connectivity index is 1.65. The summed E-state index contributed by atoms with van der Waals surface area (Å²) < 4.78 is 28.7. The molecule has 0 bridgehead atoms. The summed E-state index contributed by atoms with van der Waals surface area (Å²) in [5, 5.41) is 3.51. The molecule has 1 N–H and O–H groups in total. The predicted molar refractivity (Wildman–Crippen MR) is 95.7 cm³/mol. The highest BCUT2D eigenvalue weighted by Crippen LogP contribution is 2.31. The van der Waals surface area contributed by atoms with Crippen molar-refractivity contribution in [1.82, 2.24) is 5.32 Å². The molecule has 0 saturated carbocycles. The molecule has 3 rings (SSSR count). The van der Waals surface area contributed by atoms with Crippen molar-refractivity contribution < 1.29 is 17.9 Å². The molecule has 1 aliphatic heterocycles. The van der Waals surface area contributed by atoms with Gasteiger partial charge in [-0.25, -0.2) is 8.42 Å². The van der Waals surface area contributed by atoms with E-state index in [1.54, 1.807) is 30.3 Å². The summed E-state index contributed by atoms with van der Waals surface area (Å²) in [6.45, 7) is 1.84. The summed E-state index contributed by atoms with van der Waals surface area (Å²) in [7, 11) is -3.23. The average molecular weight is 380 g/mol. The third-order valence-electron chi connectivity index (χ3n) is 4.16. The number of ether oxygens (including phenoxy) is 1. The van der Waals surface area contributed by atoms with Gasteiger partial charge in [-0.15, -0.1) is 0 Å². The second-order valence-electron chi connectivity index (χ2n) is 6.13. The summed E-state index contributed by atoms with van der Waals surface area (Å²) in [5.74, 6) is 0.460. The van der Waals surface area contributed by atoms with Gasteiger partial charge < -0.3 is 10.1 Å². The third-order valence-corrected chi connectivity index (χ3v) is 5.52. The summed E-state index contributed by atoms with van der Waals surface area (Å²) in [5.41, 5.74) is 1.73. The molecule has 1 aliphatic rings. The molecule has 0 spiro atoms. The minimum atomic E-state index is -3.23. The highest BCUT2D eigenvalue weighted by molar-refractivity contribution is 7.90. The fourth-order valence-electron chi connectivity index (χ4n) is 2.76. The zero-order valence-corrected chi connectivity index (χ0v) is 15.4. The number of fused-ring (bicyclic) bond motifs is 1. The number of sulfone groups is 1. The summed E-state index contributed by atoms with van der Waals surface area (Å²) in [4.78, 5) is 12.7. The van der Waals surface area contributed by atoms with Gasteiger partial charge in [-0.3, -0.25) is 4.79 Å². The van der Waals surface area contributed by atoms with Gasteiger partial charge in [0.1, 0.15) is 5.75 Å². The zero-order chi connectivity index (χ0) is 18.2. The van der Waals surface area contributed by atoms with Crippen LogP contribution in [0, 0.1) is 0 Å². The molecule has 2 atom stereocenters. The Morgan fingerprint density at radius 2 is 1.92 bits per heavy atom. The van der Waals surface area contributed by atoms with E-state index in [2.05, 4.69) is 5.32 Å². The number of carbonyl (C=O) groups is 1. The lowest BCUT2D eigenvalue weighted by Crippen LogP contribution is -2.38. The van der Waals surface area contributed by atoms with Crippen LogP contribution < -0.4 is 10.1 Å². The van der Waals surface area contributed by atoms with Crippen LogP contribution in [0.25, 0.3) is 0 Å². The van der Waals surface area contributed by atoms with Crippen molar-refractivity contribution in [3.8, 4) is 5.75 Å². The van der Waals surface area contributed by atoms with Gasteiger partial charge in [0.05, 0.1) is 10.9 Å². The van der Waals surface area contributed by atoms with Crippen molar-refractivity contribution in [2.75, 3.05) is 6.26 Å². The molecule has 0 radical (unpaired) electrons. The molecular formula is C18H18ClNO4S. The number of carbonyl (C=O) groups excluding carboxylic acids is 1. The topological polar surface area (TPSA) is 72.5 Å². The van der Waals surface area contributed by atoms with Crippen LogP contribution in [-0.4, -0.2) is 26.7 Å². The molecule has 0 fully saturated rings. The van der Waals surface area contributed by atoms with Gasteiger partial charge in [-0.05, 0) is 48.4 Å². The molecule has 0 aliphatic carbocycles. The number of amides is 1. The quantitative estimate of drug-likeness (QED) is 0.886. The Bertz CT molecular complexity index is 909. The highest BCUT2D eigenvalue weighted by Gasteiger charge is 2.30. The van der Waals surface area contributed by atoms with Crippen molar-refractivity contribution >= 4 is 27.3 Å². The van der Waals surface area contributed by atoms with Crippen molar-refractivity contribution in [1.29, 1.82) is 0 Å². The highest BCUT2D eigenvalue weighted by atomic mass is 35.5. The van der Waals surface area contributed by atoms with Gasteiger partial charge in [0, 0.05) is 17.7 Å². The van der Waals surface area contributed by atoms with Crippen LogP contribution in [0.3, 0.4) is 0 Å². The maximum Gasteiger partial charge on any atom is 0.261 e. The van der Waals surface area contributed by atoms with Gasteiger partial charge in [-0.1, -0.05) is 23.7 Å². The summed E-state index contributed by atoms with van der Waals surface area (Å²) >= 11 is 5.96. The SMILES string of the molecule is CC(NC(=O)C1Cc2cc(Cl)ccc2O1)c1ccc(S(C)(=O)=O)cc1. The minimum Gasteiger partial charge on any atom is -0.480 e. The van der Waals surface area contributed by atoms with E-state index in [1.807, 2.05) is 6.92 Å². The van der Waals surface area contributed by atoms with Crippen LogP contribution >= 0.6 is 11.6 Å². The monoisotopic (exact) mass is 379 g/mol. The number of halogens is 1. The first-order chi connectivity index (χ1) is 11.7. The molecule has 7 heteroatoms. The fraction of sp³-hybridized carbons (Fsp3) is 0.278. The first-order valence-electron chi connectivity index (χ1n) is 7.79. The lowest BCUT2D eigenvalue weighted by atomic mass is 10.1. The van der Waals surface area contributed by atoms with E-state index in [-0.39, 0.29) is 16.8 Å². The van der Waals surface area contributed by atoms with Gasteiger partial charge >= 0.3 is 0 Å². The molecule has 2 aromatic carbocycles. The van der Waals surface area contributed by atoms with Crippen LogP contribution in [0.4, 0.5) is 0 Å². The molecule has 1 amide bonds. The Labute approximate surface area is 151 Å². The molecule has 0 aromatic heterocycles. The second-order valence-corrected chi connectivity index (χ2v) is 8.59. The van der Waals surface area contributed by atoms with Crippen LogP contribution in [0.2, 0.25) is 5.02 Å². The molecule has 132 valence electrons. The van der Waals surface area contributed by atoms with E-state index in [1.165, 1.54) is 12.1 Å². The van der Waals surface area contributed by atoms with E-state index in [0.29, 0.717) is 17.2 Å². The Morgan fingerprint density at radius 1 is 1.24 bits per heavy atom. The van der Waals surface area contributed by atoms with Gasteiger partial charge in [0.15, 0.2) is 15.9 Å². The van der Waals surface area contributed by atoms with Gasteiger partial charge in [-0.2, -0.15) is 0 Å². The number of benzene rings is 2. The van der Waals surface area contributed by atoms with Crippen molar-refractivity contribution in [3.63, 3.8) is 0 Å². The van der Waals surface area contributed by atoms with Crippen LogP contribution in [-0.2, 0) is 21.1 Å². The first kappa shape index (κ1) is 17.8. The smallest absolute Gasteiger partial charge is 0.261 e. The fourth-order valence-corrected chi connectivity index (χ4v) is 3.58. The second kappa shape index (κ2) is 6.69. The summed E-state index contributed by atoms with van der Waals surface area (Å²) in [6, 6.07) is 11.5. The largest absolute Gasteiger partial charge is 0.480 e. The molecule has 2 aromatic rings. The number of hydrogen-bond donors (Lipinski definition) is 1. The lowest BCUT2D eigenvalue weighted by Gasteiger charge is -2.17. The Hall–Kier alpha value is -2.05. The maximum atomic E-state index is 12.4. The van der Waals surface area contributed by atoms with Gasteiger partial charge in [0.2, 0.25) is 0 Å². The average Bonchev–Trinajstić information content (AvgIpc) is 2.97. The molecule has 5 nitrogen and oxygen atoms in total. The maximum absolute atomic E-state index is 12.4. The van der Waals surface area contributed by atoms with Crippen LogP contribution in [0.5, 0.6) is 5.75 Å². The van der Waals surface area contributed by atoms with Crippen LogP contribution in [0.15, 0.2) is 47.4 Å². The number of hydrogen-bond acceptors (Lipinski definition) is 4. The van der Waals surface area contributed by atoms with Gasteiger partial charge in [0.25, 0.3) is 5.91 Å². The molecule has 0 saturated heterocycles. The lowest BCUT2D eigenvalue weighted by molar-refractivity contribution is -0.127. The van der Waals surface area contributed by atoms with Crippen molar-refractivity contribution in [2.45, 2.75) is 30.4 Å². The van der Waals surface area contributed by atoms with E-state index >= 15 is 0 Å². The third kappa shape index (κ3) is 3.96. The number of rotatable bonds is 4. The van der Waals surface area contributed by atoms with E-state index < -0.39 is 15.9 Å².